The van der Waals surface area contributed by atoms with Crippen LogP contribution in [0.4, 0.5) is 8.78 Å². The molecule has 2 N–H and O–H groups in total. The van der Waals surface area contributed by atoms with Crippen LogP contribution in [0.2, 0.25) is 5.02 Å². The number of halogens is 3. The van der Waals surface area contributed by atoms with Crippen molar-refractivity contribution in [2.45, 2.75) is 6.10 Å². The zero-order valence-electron chi connectivity index (χ0n) is 14.4. The van der Waals surface area contributed by atoms with Gasteiger partial charge in [-0.25, -0.2) is 8.78 Å². The van der Waals surface area contributed by atoms with E-state index in [-0.39, 0.29) is 24.6 Å². The van der Waals surface area contributed by atoms with Crippen LogP contribution >= 0.6 is 11.6 Å². The molecule has 1 atom stereocenters. The summed E-state index contributed by atoms with van der Waals surface area (Å²) in [6.45, 7) is 1.74. The van der Waals surface area contributed by atoms with Crippen molar-refractivity contribution in [3.63, 3.8) is 0 Å². The lowest BCUT2D eigenvalue weighted by atomic mass is 10.0. The van der Waals surface area contributed by atoms with Gasteiger partial charge in [-0.3, -0.25) is 9.69 Å². The van der Waals surface area contributed by atoms with Crippen molar-refractivity contribution in [1.82, 2.24) is 10.2 Å². The fourth-order valence-electron chi connectivity index (χ4n) is 2.92. The van der Waals surface area contributed by atoms with Crippen LogP contribution < -0.4 is 10.1 Å². The van der Waals surface area contributed by atoms with Crippen LogP contribution in [0.5, 0.6) is 5.75 Å². The second-order valence-electron chi connectivity index (χ2n) is 6.35. The Morgan fingerprint density at radius 2 is 2.07 bits per heavy atom. The number of hydrogen-bond acceptors (Lipinski definition) is 4. The number of hydrogen-bond donors (Lipinski definition) is 2. The second kappa shape index (κ2) is 8.65. The maximum atomic E-state index is 14.0. The highest BCUT2D eigenvalue weighted by Gasteiger charge is 2.19. The van der Waals surface area contributed by atoms with Gasteiger partial charge >= 0.3 is 0 Å². The van der Waals surface area contributed by atoms with Crippen molar-refractivity contribution in [1.29, 1.82) is 0 Å². The molecule has 0 aliphatic carbocycles. The number of β-amino-alcohol motifs (C(OH)–C–C–N with tert-alkyl or cyclic N) is 1. The van der Waals surface area contributed by atoms with E-state index in [0.717, 1.165) is 6.07 Å². The average Bonchev–Trinajstić information content (AvgIpc) is 2.59. The van der Waals surface area contributed by atoms with Gasteiger partial charge in [0.15, 0.2) is 0 Å². The summed E-state index contributed by atoms with van der Waals surface area (Å²) in [7, 11) is 0. The first-order valence-electron chi connectivity index (χ1n) is 8.46. The standard InChI is InChI=1S/C19H19ClF2N2O3/c20-13-5-12(17-2-1-14(21)8-18(17)22)6-16(7-13)27-11-15(25)9-24-4-3-23-19(26)10-24/h1-2,5-8,15,25H,3-4,9-11H2,(H,23,26). The SMILES string of the molecule is O=C1CN(CC(O)COc2cc(Cl)cc(-c3ccc(F)cc3F)c2)CCN1. The summed E-state index contributed by atoms with van der Waals surface area (Å²) in [5.41, 5.74) is 0.640. The molecule has 0 spiro atoms. The first kappa shape index (κ1) is 19.5. The number of amides is 1. The van der Waals surface area contributed by atoms with Gasteiger partial charge in [-0.2, -0.15) is 0 Å². The third-order valence-corrected chi connectivity index (χ3v) is 4.36. The molecule has 8 heteroatoms. The summed E-state index contributed by atoms with van der Waals surface area (Å²) < 4.78 is 32.7. The lowest BCUT2D eigenvalue weighted by Gasteiger charge is -2.28. The highest BCUT2D eigenvalue weighted by molar-refractivity contribution is 6.31. The molecule has 1 heterocycles. The third kappa shape index (κ3) is 5.38. The van der Waals surface area contributed by atoms with Crippen molar-refractivity contribution in [2.75, 3.05) is 32.8 Å². The van der Waals surface area contributed by atoms with Crippen LogP contribution in [-0.2, 0) is 4.79 Å². The third-order valence-electron chi connectivity index (χ3n) is 4.14. The molecule has 27 heavy (non-hydrogen) atoms. The molecule has 1 amide bonds. The Labute approximate surface area is 160 Å². The van der Waals surface area contributed by atoms with E-state index in [0.29, 0.717) is 36.0 Å². The molecule has 0 saturated carbocycles. The summed E-state index contributed by atoms with van der Waals surface area (Å²) in [4.78, 5) is 13.2. The predicted molar refractivity (Wildman–Crippen MR) is 97.8 cm³/mol. The van der Waals surface area contributed by atoms with E-state index >= 15 is 0 Å². The van der Waals surface area contributed by atoms with Crippen LogP contribution in [-0.4, -0.2) is 54.8 Å². The van der Waals surface area contributed by atoms with Crippen molar-refractivity contribution in [3.05, 3.63) is 53.1 Å². The van der Waals surface area contributed by atoms with Gasteiger partial charge in [0.05, 0.1) is 6.54 Å². The van der Waals surface area contributed by atoms with E-state index in [1.54, 1.807) is 18.2 Å². The number of carbonyl (C=O) groups is 1. The lowest BCUT2D eigenvalue weighted by molar-refractivity contribution is -0.124. The minimum Gasteiger partial charge on any atom is -0.491 e. The molecule has 1 saturated heterocycles. The number of nitrogens with one attached hydrogen (secondary N) is 1. The number of benzene rings is 2. The normalized spacial score (nSPS) is 16.1. The van der Waals surface area contributed by atoms with E-state index < -0.39 is 17.7 Å². The molecule has 0 radical (unpaired) electrons. The topological polar surface area (TPSA) is 61.8 Å². The minimum absolute atomic E-state index is 0.0101. The van der Waals surface area contributed by atoms with E-state index in [1.807, 2.05) is 4.90 Å². The smallest absolute Gasteiger partial charge is 0.234 e. The Hall–Kier alpha value is -2.22. The number of ether oxygens (including phenoxy) is 1. The first-order valence-corrected chi connectivity index (χ1v) is 8.84. The Morgan fingerprint density at radius 1 is 1.26 bits per heavy atom. The van der Waals surface area contributed by atoms with Crippen LogP contribution in [0.25, 0.3) is 11.1 Å². The van der Waals surface area contributed by atoms with Crippen LogP contribution in [0.1, 0.15) is 0 Å². The van der Waals surface area contributed by atoms with Crippen molar-refractivity contribution >= 4 is 17.5 Å². The van der Waals surface area contributed by atoms with Crippen molar-refractivity contribution in [2.24, 2.45) is 0 Å². The van der Waals surface area contributed by atoms with Gasteiger partial charge < -0.3 is 15.2 Å². The molecule has 1 unspecified atom stereocenters. The molecule has 1 aliphatic heterocycles. The molecule has 2 aromatic rings. The molecule has 1 fully saturated rings. The summed E-state index contributed by atoms with van der Waals surface area (Å²) in [6.07, 6.45) is -0.805. The molecular weight excluding hydrogens is 378 g/mol. The van der Waals surface area contributed by atoms with E-state index in [2.05, 4.69) is 5.32 Å². The largest absolute Gasteiger partial charge is 0.491 e. The van der Waals surface area contributed by atoms with E-state index in [9.17, 15) is 18.7 Å². The molecule has 0 aromatic heterocycles. The second-order valence-corrected chi connectivity index (χ2v) is 6.79. The number of nitrogens with zero attached hydrogens (tertiary/aromatic N) is 1. The quantitative estimate of drug-likeness (QED) is 0.787. The molecule has 144 valence electrons. The van der Waals surface area contributed by atoms with Gasteiger partial charge in [0, 0.05) is 36.3 Å². The predicted octanol–water partition coefficient (Wildman–Crippen LogP) is 2.46. The Bertz CT molecular complexity index is 835. The summed E-state index contributed by atoms with van der Waals surface area (Å²) in [6, 6.07) is 7.97. The first-order chi connectivity index (χ1) is 12.9. The van der Waals surface area contributed by atoms with Crippen LogP contribution in [0, 0.1) is 11.6 Å². The van der Waals surface area contributed by atoms with Crippen molar-refractivity contribution in [3.8, 4) is 16.9 Å². The number of piperazine rings is 1. The van der Waals surface area contributed by atoms with Gasteiger partial charge in [-0.15, -0.1) is 0 Å². The Balaban J connectivity index is 1.65. The fourth-order valence-corrected chi connectivity index (χ4v) is 3.14. The van der Waals surface area contributed by atoms with Gasteiger partial charge in [0.1, 0.15) is 30.1 Å². The highest BCUT2D eigenvalue weighted by Crippen LogP contribution is 2.30. The molecular formula is C19H19ClF2N2O3. The monoisotopic (exact) mass is 396 g/mol. The summed E-state index contributed by atoms with van der Waals surface area (Å²) in [5.74, 6) is -1.08. The van der Waals surface area contributed by atoms with Gasteiger partial charge in [0.2, 0.25) is 5.91 Å². The van der Waals surface area contributed by atoms with Crippen molar-refractivity contribution < 1.29 is 23.4 Å². The van der Waals surface area contributed by atoms with Gasteiger partial charge in [-0.05, 0) is 35.9 Å². The minimum atomic E-state index is -0.805. The molecule has 1 aliphatic rings. The number of aliphatic hydroxyl groups is 1. The van der Waals surface area contributed by atoms with E-state index in [1.165, 1.54) is 12.1 Å². The molecule has 2 aromatic carbocycles. The molecule has 3 rings (SSSR count). The zero-order valence-corrected chi connectivity index (χ0v) is 15.2. The maximum Gasteiger partial charge on any atom is 0.234 e. The average molecular weight is 397 g/mol. The number of rotatable bonds is 6. The Morgan fingerprint density at radius 3 is 2.81 bits per heavy atom. The lowest BCUT2D eigenvalue weighted by Crippen LogP contribution is -2.50. The van der Waals surface area contributed by atoms with Crippen LogP contribution in [0.15, 0.2) is 36.4 Å². The highest BCUT2D eigenvalue weighted by atomic mass is 35.5. The summed E-state index contributed by atoms with van der Waals surface area (Å²) >= 11 is 6.08. The van der Waals surface area contributed by atoms with Gasteiger partial charge in [-0.1, -0.05) is 11.6 Å². The fraction of sp³-hybridized carbons (Fsp3) is 0.316. The van der Waals surface area contributed by atoms with Crippen LogP contribution in [0.3, 0.4) is 0 Å². The zero-order chi connectivity index (χ0) is 19.4. The maximum absolute atomic E-state index is 14.0. The number of aliphatic hydroxyl groups excluding tert-OH is 1. The molecule has 0 bridgehead atoms. The van der Waals surface area contributed by atoms with E-state index in [4.69, 9.17) is 16.3 Å². The Kier molecular flexibility index (Phi) is 6.26. The van der Waals surface area contributed by atoms with Gasteiger partial charge in [0.25, 0.3) is 0 Å². The molecule has 5 nitrogen and oxygen atoms in total. The number of carbonyl (C=O) groups excluding carboxylic acids is 1. The summed E-state index contributed by atoms with van der Waals surface area (Å²) in [5, 5.41) is 13.2.